The van der Waals surface area contributed by atoms with Gasteiger partial charge in [-0.25, -0.2) is 4.79 Å². The Bertz CT molecular complexity index is 480. The number of hydrogen-bond donors (Lipinski definition) is 0. The molecule has 2 aliphatic heterocycles. The van der Waals surface area contributed by atoms with Crippen molar-refractivity contribution >= 4 is 11.8 Å². The lowest BCUT2D eigenvalue weighted by atomic mass is 9.86. The van der Waals surface area contributed by atoms with E-state index < -0.39 is 5.60 Å². The third-order valence-electron chi connectivity index (χ3n) is 5.06. The number of likely N-dealkylation sites (tertiary alicyclic amines) is 1. The number of fused-ring (bicyclic) bond motifs is 1. The molecule has 118 valence electrons. The molecule has 1 amide bonds. The molecule has 0 bridgehead atoms. The SMILES string of the molecule is CC1C(C2C3CN(C(=O)OC(C)(C)C)CC32)=NOC1(C)C. The van der Waals surface area contributed by atoms with Crippen molar-refractivity contribution in [3.05, 3.63) is 0 Å². The van der Waals surface area contributed by atoms with Crippen molar-refractivity contribution in [1.82, 2.24) is 4.90 Å². The summed E-state index contributed by atoms with van der Waals surface area (Å²) in [6.07, 6.45) is -0.188. The Labute approximate surface area is 126 Å². The van der Waals surface area contributed by atoms with E-state index in [1.807, 2.05) is 25.7 Å². The van der Waals surface area contributed by atoms with Crippen LogP contribution in [0.1, 0.15) is 41.5 Å². The molecule has 0 spiro atoms. The van der Waals surface area contributed by atoms with Crippen molar-refractivity contribution in [2.24, 2.45) is 28.8 Å². The lowest BCUT2D eigenvalue weighted by molar-refractivity contribution is -0.0103. The summed E-state index contributed by atoms with van der Waals surface area (Å²) >= 11 is 0. The molecule has 0 radical (unpaired) electrons. The van der Waals surface area contributed by atoms with Gasteiger partial charge in [-0.15, -0.1) is 0 Å². The van der Waals surface area contributed by atoms with Crippen LogP contribution in [0, 0.1) is 23.7 Å². The topological polar surface area (TPSA) is 51.1 Å². The molecule has 5 heteroatoms. The number of rotatable bonds is 1. The van der Waals surface area contributed by atoms with Crippen LogP contribution < -0.4 is 0 Å². The summed E-state index contributed by atoms with van der Waals surface area (Å²) in [4.78, 5) is 19.5. The summed E-state index contributed by atoms with van der Waals surface area (Å²) in [7, 11) is 0. The van der Waals surface area contributed by atoms with Crippen molar-refractivity contribution in [2.45, 2.75) is 52.7 Å². The van der Waals surface area contributed by atoms with Gasteiger partial charge in [0, 0.05) is 24.9 Å². The predicted molar refractivity (Wildman–Crippen MR) is 80.0 cm³/mol. The van der Waals surface area contributed by atoms with Gasteiger partial charge in [0.1, 0.15) is 11.2 Å². The normalized spacial score (nSPS) is 36.9. The summed E-state index contributed by atoms with van der Waals surface area (Å²) in [5.74, 6) is 1.93. The van der Waals surface area contributed by atoms with Gasteiger partial charge in [-0.05, 0) is 46.5 Å². The second-order valence-electron chi connectivity index (χ2n) is 8.17. The first kappa shape index (κ1) is 14.7. The molecule has 3 atom stereocenters. The maximum Gasteiger partial charge on any atom is 0.410 e. The number of ether oxygens (including phenoxy) is 1. The Hall–Kier alpha value is -1.26. The standard InChI is InChI=1S/C16H26N2O3/c1-9-13(17-21-16(9,5)6)12-10-7-18(8-11(10)12)14(19)20-15(2,3)4/h9-12H,7-8H2,1-6H3. The van der Waals surface area contributed by atoms with Crippen LogP contribution in [-0.4, -0.2) is 41.0 Å². The molecule has 0 aromatic heterocycles. The number of nitrogens with zero attached hydrogens (tertiary/aromatic N) is 2. The second kappa shape index (κ2) is 4.37. The molecular formula is C16H26N2O3. The number of carbonyl (C=O) groups is 1. The van der Waals surface area contributed by atoms with Gasteiger partial charge in [-0.2, -0.15) is 0 Å². The van der Waals surface area contributed by atoms with Crippen LogP contribution in [0.2, 0.25) is 0 Å². The molecule has 5 nitrogen and oxygen atoms in total. The molecule has 3 unspecified atom stereocenters. The van der Waals surface area contributed by atoms with Gasteiger partial charge < -0.3 is 14.5 Å². The Morgan fingerprint density at radius 2 is 1.90 bits per heavy atom. The molecule has 3 aliphatic rings. The third-order valence-corrected chi connectivity index (χ3v) is 5.06. The minimum absolute atomic E-state index is 0.188. The highest BCUT2D eigenvalue weighted by Gasteiger charge is 2.62. The average Bonchev–Trinajstić information content (AvgIpc) is 2.71. The summed E-state index contributed by atoms with van der Waals surface area (Å²) in [6, 6.07) is 0. The van der Waals surface area contributed by atoms with Crippen LogP contribution in [-0.2, 0) is 9.57 Å². The second-order valence-corrected chi connectivity index (χ2v) is 8.17. The minimum Gasteiger partial charge on any atom is -0.444 e. The van der Waals surface area contributed by atoms with E-state index in [1.165, 1.54) is 5.71 Å². The van der Waals surface area contributed by atoms with Gasteiger partial charge in [-0.1, -0.05) is 12.1 Å². The van der Waals surface area contributed by atoms with E-state index in [-0.39, 0.29) is 11.7 Å². The van der Waals surface area contributed by atoms with Crippen LogP contribution >= 0.6 is 0 Å². The molecule has 0 aromatic carbocycles. The van der Waals surface area contributed by atoms with Gasteiger partial charge in [-0.3, -0.25) is 0 Å². The zero-order chi connectivity index (χ0) is 15.6. The first-order valence-corrected chi connectivity index (χ1v) is 7.84. The zero-order valence-corrected chi connectivity index (χ0v) is 13.8. The summed E-state index contributed by atoms with van der Waals surface area (Å²) in [5, 5.41) is 4.33. The van der Waals surface area contributed by atoms with E-state index in [0.29, 0.717) is 23.7 Å². The number of piperidine rings is 1. The molecule has 0 aromatic rings. The predicted octanol–water partition coefficient (Wildman–Crippen LogP) is 2.90. The lowest BCUT2D eigenvalue weighted by Crippen LogP contribution is -2.38. The fraction of sp³-hybridized carbons (Fsp3) is 0.875. The summed E-state index contributed by atoms with van der Waals surface area (Å²) in [6.45, 7) is 13.6. The van der Waals surface area contributed by atoms with E-state index in [4.69, 9.17) is 9.57 Å². The fourth-order valence-electron chi connectivity index (χ4n) is 3.47. The Balaban J connectivity index is 1.57. The van der Waals surface area contributed by atoms with Crippen molar-refractivity contribution in [2.75, 3.05) is 13.1 Å². The average molecular weight is 294 g/mol. The highest BCUT2D eigenvalue weighted by atomic mass is 16.7. The maximum atomic E-state index is 12.1. The van der Waals surface area contributed by atoms with Crippen LogP contribution in [0.15, 0.2) is 5.16 Å². The maximum absolute atomic E-state index is 12.1. The van der Waals surface area contributed by atoms with Gasteiger partial charge >= 0.3 is 6.09 Å². The molecule has 2 heterocycles. The van der Waals surface area contributed by atoms with Crippen molar-refractivity contribution in [1.29, 1.82) is 0 Å². The molecule has 1 saturated heterocycles. The molecule has 3 rings (SSSR count). The van der Waals surface area contributed by atoms with Crippen LogP contribution in [0.25, 0.3) is 0 Å². The highest BCUT2D eigenvalue weighted by molar-refractivity contribution is 5.93. The Kier molecular flexibility index (Phi) is 3.05. The zero-order valence-electron chi connectivity index (χ0n) is 13.8. The first-order chi connectivity index (χ1) is 9.60. The molecule has 1 saturated carbocycles. The van der Waals surface area contributed by atoms with Crippen molar-refractivity contribution in [3.8, 4) is 0 Å². The van der Waals surface area contributed by atoms with Crippen molar-refractivity contribution in [3.63, 3.8) is 0 Å². The summed E-state index contributed by atoms with van der Waals surface area (Å²) in [5.41, 5.74) is 0.571. The van der Waals surface area contributed by atoms with Crippen LogP contribution in [0.5, 0.6) is 0 Å². The third kappa shape index (κ3) is 2.51. The van der Waals surface area contributed by atoms with Gasteiger partial charge in [0.05, 0.1) is 5.71 Å². The number of oxime groups is 1. The Morgan fingerprint density at radius 1 is 1.33 bits per heavy atom. The Morgan fingerprint density at radius 3 is 2.33 bits per heavy atom. The number of amides is 1. The van der Waals surface area contributed by atoms with Crippen molar-refractivity contribution < 1.29 is 14.4 Å². The number of hydrogen-bond acceptors (Lipinski definition) is 4. The van der Waals surface area contributed by atoms with Gasteiger partial charge in [0.2, 0.25) is 0 Å². The van der Waals surface area contributed by atoms with Gasteiger partial charge in [0.25, 0.3) is 0 Å². The molecule has 21 heavy (non-hydrogen) atoms. The van der Waals surface area contributed by atoms with Gasteiger partial charge in [0.15, 0.2) is 0 Å². The van der Waals surface area contributed by atoms with E-state index >= 15 is 0 Å². The largest absolute Gasteiger partial charge is 0.444 e. The number of carbonyl (C=O) groups excluding carboxylic acids is 1. The monoisotopic (exact) mass is 294 g/mol. The lowest BCUT2D eigenvalue weighted by Gasteiger charge is -2.26. The molecule has 2 fully saturated rings. The fourth-order valence-corrected chi connectivity index (χ4v) is 3.47. The first-order valence-electron chi connectivity index (χ1n) is 7.84. The summed E-state index contributed by atoms with van der Waals surface area (Å²) < 4.78 is 5.44. The van der Waals surface area contributed by atoms with E-state index in [2.05, 4.69) is 25.9 Å². The van der Waals surface area contributed by atoms with Crippen LogP contribution in [0.4, 0.5) is 4.79 Å². The van der Waals surface area contributed by atoms with E-state index in [1.54, 1.807) is 0 Å². The quantitative estimate of drug-likeness (QED) is 0.747. The minimum atomic E-state index is -0.425. The molecular weight excluding hydrogens is 268 g/mol. The molecule has 1 aliphatic carbocycles. The van der Waals surface area contributed by atoms with Crippen LogP contribution in [0.3, 0.4) is 0 Å². The smallest absolute Gasteiger partial charge is 0.410 e. The highest BCUT2D eigenvalue weighted by Crippen LogP contribution is 2.55. The van der Waals surface area contributed by atoms with E-state index in [0.717, 1.165) is 13.1 Å². The van der Waals surface area contributed by atoms with E-state index in [9.17, 15) is 4.79 Å². The molecule has 0 N–H and O–H groups in total.